The normalized spacial score (nSPS) is 17.5. The van der Waals surface area contributed by atoms with Crippen molar-refractivity contribution in [2.24, 2.45) is 4.99 Å². The van der Waals surface area contributed by atoms with Crippen LogP contribution >= 0.6 is 0 Å². The van der Waals surface area contributed by atoms with E-state index in [-0.39, 0.29) is 5.75 Å². The Labute approximate surface area is 128 Å². The molecule has 4 rings (SSSR count). The highest BCUT2D eigenvalue weighted by Crippen LogP contribution is 2.27. The molecule has 110 valence electrons. The number of aliphatic imine (C=N–C) groups is 1. The molecule has 0 radical (unpaired) electrons. The van der Waals surface area contributed by atoms with Crippen molar-refractivity contribution in [3.05, 3.63) is 42.6 Å². The van der Waals surface area contributed by atoms with Crippen LogP contribution in [-0.2, 0) is 0 Å². The van der Waals surface area contributed by atoms with E-state index in [9.17, 15) is 5.11 Å². The minimum absolute atomic E-state index is 0.272. The minimum atomic E-state index is 0.272. The molecule has 0 aliphatic carbocycles. The van der Waals surface area contributed by atoms with Crippen molar-refractivity contribution in [2.45, 2.75) is 13.0 Å². The first-order valence-electron chi connectivity index (χ1n) is 7.27. The predicted octanol–water partition coefficient (Wildman–Crippen LogP) is 3.17. The second-order valence-corrected chi connectivity index (χ2v) is 5.60. The van der Waals surface area contributed by atoms with Gasteiger partial charge in [-0.1, -0.05) is 0 Å². The topological polar surface area (TPSA) is 64.5 Å². The Morgan fingerprint density at radius 3 is 2.86 bits per heavy atom. The molecule has 1 aliphatic heterocycles. The molecule has 1 atom stereocenters. The monoisotopic (exact) mass is 292 g/mol. The number of pyridine rings is 1. The summed E-state index contributed by atoms with van der Waals surface area (Å²) >= 11 is 0. The highest BCUT2D eigenvalue weighted by Gasteiger charge is 2.18. The van der Waals surface area contributed by atoms with Crippen LogP contribution in [0.2, 0.25) is 0 Å². The molecule has 1 aromatic carbocycles. The molecular weight excluding hydrogens is 276 g/mol. The predicted molar refractivity (Wildman–Crippen MR) is 88.5 cm³/mol. The summed E-state index contributed by atoms with van der Waals surface area (Å²) in [7, 11) is 0. The number of aromatic nitrogens is 2. The van der Waals surface area contributed by atoms with Crippen LogP contribution in [-0.4, -0.2) is 34.0 Å². The summed E-state index contributed by atoms with van der Waals surface area (Å²) in [5, 5.41) is 10.5. The van der Waals surface area contributed by atoms with Gasteiger partial charge in [0, 0.05) is 28.4 Å². The fraction of sp³-hybridized carbons (Fsp3) is 0.176. The maximum atomic E-state index is 9.55. The molecule has 5 heteroatoms. The summed E-state index contributed by atoms with van der Waals surface area (Å²) < 4.78 is 0. The van der Waals surface area contributed by atoms with Crippen molar-refractivity contribution in [3.8, 4) is 17.0 Å². The molecule has 5 nitrogen and oxygen atoms in total. The number of rotatable bonds is 2. The summed E-state index contributed by atoms with van der Waals surface area (Å²) in [6.07, 6.45) is 3.71. The standard InChI is InChI=1S/C17H16N4O/c1-11-8-18-10-21(11)17-5-2-12(9-19-17)16-7-13-6-14(22)3-4-15(13)20-16/h2-7,9-11,20,22H,8H2,1H3. The maximum absolute atomic E-state index is 9.55. The second kappa shape index (κ2) is 4.87. The number of hydrogen-bond donors (Lipinski definition) is 2. The Morgan fingerprint density at radius 1 is 1.23 bits per heavy atom. The second-order valence-electron chi connectivity index (χ2n) is 5.60. The van der Waals surface area contributed by atoms with Crippen LogP contribution in [0.1, 0.15) is 6.92 Å². The van der Waals surface area contributed by atoms with Crippen LogP contribution in [0, 0.1) is 0 Å². The molecule has 0 bridgehead atoms. The van der Waals surface area contributed by atoms with Crippen molar-refractivity contribution in [3.63, 3.8) is 0 Å². The number of H-pyrrole nitrogens is 1. The van der Waals surface area contributed by atoms with Gasteiger partial charge in [0.1, 0.15) is 11.6 Å². The lowest BCUT2D eigenvalue weighted by atomic mass is 10.2. The molecule has 3 heterocycles. The summed E-state index contributed by atoms with van der Waals surface area (Å²) in [5.41, 5.74) is 3.00. The summed E-state index contributed by atoms with van der Waals surface area (Å²) in [6, 6.07) is 11.7. The molecule has 1 aliphatic rings. The highest BCUT2D eigenvalue weighted by molar-refractivity contribution is 5.87. The van der Waals surface area contributed by atoms with Crippen LogP contribution in [0.4, 0.5) is 5.82 Å². The number of hydrogen-bond acceptors (Lipinski definition) is 4. The SMILES string of the molecule is CC1CN=CN1c1ccc(-c2cc3cc(O)ccc3[nH]2)cn1. The Hall–Kier alpha value is -2.82. The zero-order chi connectivity index (χ0) is 15.1. The van der Waals surface area contributed by atoms with Crippen LogP contribution in [0.15, 0.2) is 47.6 Å². The van der Waals surface area contributed by atoms with E-state index in [2.05, 4.69) is 26.8 Å². The number of aromatic hydroxyl groups is 1. The zero-order valence-electron chi connectivity index (χ0n) is 12.2. The van der Waals surface area contributed by atoms with Gasteiger partial charge < -0.3 is 15.0 Å². The minimum Gasteiger partial charge on any atom is -0.508 e. The fourth-order valence-corrected chi connectivity index (χ4v) is 2.75. The van der Waals surface area contributed by atoms with Gasteiger partial charge in [-0.15, -0.1) is 0 Å². The molecule has 0 fully saturated rings. The largest absolute Gasteiger partial charge is 0.508 e. The summed E-state index contributed by atoms with van der Waals surface area (Å²) in [5.74, 6) is 1.18. The number of anilines is 1. The van der Waals surface area contributed by atoms with E-state index in [1.54, 1.807) is 12.1 Å². The van der Waals surface area contributed by atoms with Gasteiger partial charge in [-0.05, 0) is 43.3 Å². The van der Waals surface area contributed by atoms with E-state index >= 15 is 0 Å². The first-order chi connectivity index (χ1) is 10.7. The van der Waals surface area contributed by atoms with Crippen LogP contribution < -0.4 is 4.90 Å². The van der Waals surface area contributed by atoms with Gasteiger partial charge in [-0.3, -0.25) is 4.99 Å². The van der Waals surface area contributed by atoms with Gasteiger partial charge in [0.05, 0.1) is 18.9 Å². The molecule has 0 amide bonds. The molecule has 3 aromatic rings. The maximum Gasteiger partial charge on any atom is 0.133 e. The molecule has 22 heavy (non-hydrogen) atoms. The van der Waals surface area contributed by atoms with Gasteiger partial charge in [0.15, 0.2) is 0 Å². The summed E-state index contributed by atoms with van der Waals surface area (Å²) in [4.78, 5) is 14.2. The number of phenols is 1. The lowest BCUT2D eigenvalue weighted by molar-refractivity contribution is 0.476. The number of nitrogens with zero attached hydrogens (tertiary/aromatic N) is 3. The number of phenolic OH excluding ortho intramolecular Hbond substituents is 1. The number of benzene rings is 1. The quantitative estimate of drug-likeness (QED) is 0.762. The third-order valence-electron chi connectivity index (χ3n) is 3.98. The van der Waals surface area contributed by atoms with E-state index < -0.39 is 0 Å². The average molecular weight is 292 g/mol. The Balaban J connectivity index is 1.68. The first kappa shape index (κ1) is 12.9. The Morgan fingerprint density at radius 2 is 2.14 bits per heavy atom. The Bertz CT molecular complexity index is 851. The Kier molecular flexibility index (Phi) is 2.85. The van der Waals surface area contributed by atoms with Crippen molar-refractivity contribution in [1.82, 2.24) is 9.97 Å². The average Bonchev–Trinajstić information content (AvgIpc) is 3.13. The van der Waals surface area contributed by atoms with Crippen molar-refractivity contribution >= 4 is 23.1 Å². The number of fused-ring (bicyclic) bond motifs is 1. The van der Waals surface area contributed by atoms with E-state index in [1.807, 2.05) is 36.8 Å². The molecule has 0 saturated carbocycles. The number of nitrogens with one attached hydrogen (secondary N) is 1. The lowest BCUT2D eigenvalue weighted by Gasteiger charge is -2.19. The molecule has 2 N–H and O–H groups in total. The highest BCUT2D eigenvalue weighted by atomic mass is 16.3. The van der Waals surface area contributed by atoms with E-state index in [0.717, 1.165) is 34.5 Å². The zero-order valence-corrected chi connectivity index (χ0v) is 12.2. The molecule has 2 aromatic heterocycles. The van der Waals surface area contributed by atoms with E-state index in [1.165, 1.54) is 0 Å². The first-order valence-corrected chi connectivity index (χ1v) is 7.27. The number of aromatic amines is 1. The van der Waals surface area contributed by atoms with Crippen LogP contribution in [0.5, 0.6) is 5.75 Å². The van der Waals surface area contributed by atoms with E-state index in [4.69, 9.17) is 0 Å². The van der Waals surface area contributed by atoms with Crippen molar-refractivity contribution < 1.29 is 5.11 Å². The molecule has 0 saturated heterocycles. The third-order valence-corrected chi connectivity index (χ3v) is 3.98. The molecular formula is C17H16N4O. The van der Waals surface area contributed by atoms with Gasteiger partial charge in [0.2, 0.25) is 0 Å². The van der Waals surface area contributed by atoms with Gasteiger partial charge in [-0.2, -0.15) is 0 Å². The van der Waals surface area contributed by atoms with Crippen molar-refractivity contribution in [1.29, 1.82) is 0 Å². The van der Waals surface area contributed by atoms with Crippen LogP contribution in [0.25, 0.3) is 22.2 Å². The third kappa shape index (κ3) is 2.11. The molecule has 1 unspecified atom stereocenters. The van der Waals surface area contributed by atoms with Gasteiger partial charge >= 0.3 is 0 Å². The van der Waals surface area contributed by atoms with Gasteiger partial charge in [0.25, 0.3) is 0 Å². The van der Waals surface area contributed by atoms with Crippen molar-refractivity contribution in [2.75, 3.05) is 11.4 Å². The molecule has 0 spiro atoms. The summed E-state index contributed by atoms with van der Waals surface area (Å²) in [6.45, 7) is 2.95. The smallest absolute Gasteiger partial charge is 0.133 e. The lowest BCUT2D eigenvalue weighted by Crippen LogP contribution is -2.28. The van der Waals surface area contributed by atoms with Gasteiger partial charge in [-0.25, -0.2) is 4.98 Å². The van der Waals surface area contributed by atoms with E-state index in [0.29, 0.717) is 6.04 Å². The fourth-order valence-electron chi connectivity index (χ4n) is 2.75. The van der Waals surface area contributed by atoms with Crippen LogP contribution in [0.3, 0.4) is 0 Å².